The molecule has 0 radical (unpaired) electrons. The molecule has 1 saturated carbocycles. The van der Waals surface area contributed by atoms with Crippen molar-refractivity contribution < 1.29 is 19.0 Å². The molecule has 1 aliphatic rings. The molecule has 0 heterocycles. The summed E-state index contributed by atoms with van der Waals surface area (Å²) in [5, 5.41) is 10.4. The zero-order chi connectivity index (χ0) is 14.8. The van der Waals surface area contributed by atoms with Crippen molar-refractivity contribution in [1.82, 2.24) is 0 Å². The van der Waals surface area contributed by atoms with E-state index in [1.54, 1.807) is 12.1 Å². The molecule has 4 heteroatoms. The number of carbonyl (C=O) groups excluding carboxylic acids is 1. The Kier molecular flexibility index (Phi) is 4.43. The summed E-state index contributed by atoms with van der Waals surface area (Å²) in [4.78, 5) is 12.3. The van der Waals surface area contributed by atoms with E-state index in [4.69, 9.17) is 4.74 Å². The Balaban J connectivity index is 2.12. The second-order valence-corrected chi connectivity index (χ2v) is 5.75. The molecule has 1 aromatic rings. The first-order valence-corrected chi connectivity index (χ1v) is 7.03. The SMILES string of the molecule is COc1cccc(CC(=O)C2(O)CCC(C)CC2)c1F. The van der Waals surface area contributed by atoms with Gasteiger partial charge < -0.3 is 9.84 Å². The highest BCUT2D eigenvalue weighted by Gasteiger charge is 2.38. The van der Waals surface area contributed by atoms with Gasteiger partial charge in [0.15, 0.2) is 17.3 Å². The summed E-state index contributed by atoms with van der Waals surface area (Å²) in [6, 6.07) is 4.72. The molecule has 2 rings (SSSR count). The van der Waals surface area contributed by atoms with Crippen LogP contribution in [0, 0.1) is 11.7 Å². The van der Waals surface area contributed by atoms with Gasteiger partial charge >= 0.3 is 0 Å². The highest BCUT2D eigenvalue weighted by molar-refractivity contribution is 5.89. The number of Topliss-reactive ketones (excluding diaryl/α,β-unsaturated/α-hetero) is 1. The van der Waals surface area contributed by atoms with Crippen molar-refractivity contribution in [3.8, 4) is 5.75 Å². The third kappa shape index (κ3) is 3.01. The molecule has 0 unspecified atom stereocenters. The smallest absolute Gasteiger partial charge is 0.168 e. The first-order chi connectivity index (χ1) is 9.46. The molecule has 0 aromatic heterocycles. The number of methoxy groups -OCH3 is 1. The van der Waals surface area contributed by atoms with Crippen LogP contribution >= 0.6 is 0 Å². The number of benzene rings is 1. The van der Waals surface area contributed by atoms with Crippen LogP contribution in [0.15, 0.2) is 18.2 Å². The van der Waals surface area contributed by atoms with Gasteiger partial charge in [0, 0.05) is 6.42 Å². The van der Waals surface area contributed by atoms with Crippen molar-refractivity contribution in [2.75, 3.05) is 7.11 Å². The monoisotopic (exact) mass is 280 g/mol. The fraction of sp³-hybridized carbons (Fsp3) is 0.562. The maximum absolute atomic E-state index is 14.0. The van der Waals surface area contributed by atoms with Crippen LogP contribution < -0.4 is 4.74 Å². The maximum Gasteiger partial charge on any atom is 0.168 e. The van der Waals surface area contributed by atoms with Crippen LogP contribution in [0.4, 0.5) is 4.39 Å². The lowest BCUT2D eigenvalue weighted by Crippen LogP contribution is -2.42. The second-order valence-electron chi connectivity index (χ2n) is 5.75. The standard InChI is InChI=1S/C16H21FO3/c1-11-6-8-16(19,9-7-11)14(18)10-12-4-3-5-13(20-2)15(12)17/h3-5,11,19H,6-10H2,1-2H3. The van der Waals surface area contributed by atoms with Gasteiger partial charge in [-0.15, -0.1) is 0 Å². The number of hydrogen-bond donors (Lipinski definition) is 1. The van der Waals surface area contributed by atoms with Gasteiger partial charge in [0.05, 0.1) is 7.11 Å². The molecular formula is C16H21FO3. The minimum atomic E-state index is -1.29. The zero-order valence-corrected chi connectivity index (χ0v) is 12.0. The highest BCUT2D eigenvalue weighted by Crippen LogP contribution is 2.33. The summed E-state index contributed by atoms with van der Waals surface area (Å²) >= 11 is 0. The van der Waals surface area contributed by atoms with E-state index >= 15 is 0 Å². The Labute approximate surface area is 118 Å². The van der Waals surface area contributed by atoms with Gasteiger partial charge in [-0.25, -0.2) is 4.39 Å². The maximum atomic E-state index is 14.0. The largest absolute Gasteiger partial charge is 0.494 e. The number of hydrogen-bond acceptors (Lipinski definition) is 3. The molecular weight excluding hydrogens is 259 g/mol. The molecule has 0 aliphatic heterocycles. The van der Waals surface area contributed by atoms with Crippen molar-refractivity contribution in [2.24, 2.45) is 5.92 Å². The van der Waals surface area contributed by atoms with Crippen LogP contribution in [0.1, 0.15) is 38.2 Å². The van der Waals surface area contributed by atoms with Gasteiger partial charge in [-0.2, -0.15) is 0 Å². The first-order valence-electron chi connectivity index (χ1n) is 7.03. The summed E-state index contributed by atoms with van der Waals surface area (Å²) < 4.78 is 18.9. The Morgan fingerprint density at radius 1 is 1.45 bits per heavy atom. The van der Waals surface area contributed by atoms with Crippen molar-refractivity contribution in [2.45, 2.75) is 44.6 Å². The lowest BCUT2D eigenvalue weighted by molar-refractivity contribution is -0.140. The minimum absolute atomic E-state index is 0.0894. The van der Waals surface area contributed by atoms with Gasteiger partial charge in [-0.05, 0) is 43.2 Å². The topological polar surface area (TPSA) is 46.5 Å². The Hall–Kier alpha value is -1.42. The summed E-state index contributed by atoms with van der Waals surface area (Å²) in [7, 11) is 1.39. The highest BCUT2D eigenvalue weighted by atomic mass is 19.1. The van der Waals surface area contributed by atoms with Gasteiger partial charge in [0.1, 0.15) is 5.60 Å². The number of ketones is 1. The predicted octanol–water partition coefficient (Wildman–Crippen LogP) is 2.89. The molecule has 1 aliphatic carbocycles. The molecule has 1 N–H and O–H groups in total. The molecule has 0 bridgehead atoms. The lowest BCUT2D eigenvalue weighted by atomic mass is 9.76. The summed E-state index contributed by atoms with van der Waals surface area (Å²) in [5.41, 5.74) is -1.01. The van der Waals surface area contributed by atoms with Crippen molar-refractivity contribution in [3.05, 3.63) is 29.6 Å². The van der Waals surface area contributed by atoms with Crippen LogP contribution in [-0.4, -0.2) is 23.6 Å². The predicted molar refractivity (Wildman–Crippen MR) is 74.2 cm³/mol. The van der Waals surface area contributed by atoms with Gasteiger partial charge in [-0.3, -0.25) is 4.79 Å². The van der Waals surface area contributed by atoms with E-state index in [1.165, 1.54) is 13.2 Å². The third-order valence-corrected chi connectivity index (χ3v) is 4.23. The minimum Gasteiger partial charge on any atom is -0.494 e. The van der Waals surface area contributed by atoms with Crippen LogP contribution in [0.2, 0.25) is 0 Å². The number of halogens is 1. The van der Waals surface area contributed by atoms with Crippen LogP contribution in [0.3, 0.4) is 0 Å². The van der Waals surface area contributed by atoms with E-state index in [-0.39, 0.29) is 23.5 Å². The van der Waals surface area contributed by atoms with Crippen molar-refractivity contribution in [3.63, 3.8) is 0 Å². The van der Waals surface area contributed by atoms with Crippen molar-refractivity contribution >= 4 is 5.78 Å². The van der Waals surface area contributed by atoms with E-state index < -0.39 is 11.4 Å². The van der Waals surface area contributed by atoms with Gasteiger partial charge in [0.2, 0.25) is 0 Å². The Morgan fingerprint density at radius 3 is 2.70 bits per heavy atom. The average molecular weight is 280 g/mol. The molecule has 20 heavy (non-hydrogen) atoms. The van der Waals surface area contributed by atoms with Crippen LogP contribution in [-0.2, 0) is 11.2 Å². The quantitative estimate of drug-likeness (QED) is 0.922. The van der Waals surface area contributed by atoms with Crippen LogP contribution in [0.25, 0.3) is 0 Å². The molecule has 110 valence electrons. The molecule has 0 atom stereocenters. The van der Waals surface area contributed by atoms with E-state index in [2.05, 4.69) is 6.92 Å². The fourth-order valence-electron chi connectivity index (χ4n) is 2.71. The average Bonchev–Trinajstić information content (AvgIpc) is 2.44. The number of ether oxygens (including phenoxy) is 1. The number of rotatable bonds is 4. The van der Waals surface area contributed by atoms with Crippen LogP contribution in [0.5, 0.6) is 5.75 Å². The zero-order valence-electron chi connectivity index (χ0n) is 12.0. The number of aliphatic hydroxyl groups is 1. The molecule has 1 aromatic carbocycles. The second kappa shape index (κ2) is 5.92. The molecule has 1 fully saturated rings. The molecule has 3 nitrogen and oxygen atoms in total. The summed E-state index contributed by atoms with van der Waals surface area (Å²) in [5.74, 6) is -0.149. The van der Waals surface area contributed by atoms with Gasteiger partial charge in [0.25, 0.3) is 0 Å². The Morgan fingerprint density at radius 2 is 2.10 bits per heavy atom. The molecule has 0 spiro atoms. The third-order valence-electron chi connectivity index (χ3n) is 4.23. The van der Waals surface area contributed by atoms with E-state index in [0.29, 0.717) is 18.8 Å². The van der Waals surface area contributed by atoms with E-state index in [0.717, 1.165) is 12.8 Å². The molecule has 0 saturated heterocycles. The molecule has 0 amide bonds. The summed E-state index contributed by atoms with van der Waals surface area (Å²) in [6.45, 7) is 2.12. The van der Waals surface area contributed by atoms with Gasteiger partial charge in [-0.1, -0.05) is 19.1 Å². The van der Waals surface area contributed by atoms with Crippen molar-refractivity contribution in [1.29, 1.82) is 0 Å². The Bertz CT molecular complexity index is 490. The lowest BCUT2D eigenvalue weighted by Gasteiger charge is -2.33. The number of carbonyl (C=O) groups is 1. The normalized spacial score (nSPS) is 26.3. The summed E-state index contributed by atoms with van der Waals surface area (Å²) in [6.07, 6.45) is 2.52. The van der Waals surface area contributed by atoms with E-state index in [1.807, 2.05) is 0 Å². The van der Waals surface area contributed by atoms with E-state index in [9.17, 15) is 14.3 Å². The first kappa shape index (κ1) is 15.0. The fourth-order valence-corrected chi connectivity index (χ4v) is 2.71.